The Hall–Kier alpha value is -1.65. The Morgan fingerprint density at radius 2 is 0.815 bits per heavy atom. The molecule has 2 unspecified atom stereocenters. The Kier molecular flexibility index (Phi) is 44.3. The Labute approximate surface area is 337 Å². The summed E-state index contributed by atoms with van der Waals surface area (Å²) in [6, 6.07) is -0.529. The van der Waals surface area contributed by atoms with Gasteiger partial charge in [0.15, 0.2) is 0 Å². The molecule has 0 bridgehead atoms. The second-order valence-corrected chi connectivity index (χ2v) is 16.2. The first-order valence-electron chi connectivity index (χ1n) is 23.8. The molecule has 316 valence electrons. The van der Waals surface area contributed by atoms with Gasteiger partial charge in [-0.05, 0) is 51.4 Å². The lowest BCUT2D eigenvalue weighted by atomic mass is 10.0. The van der Waals surface area contributed by atoms with Gasteiger partial charge in [0.2, 0.25) is 5.91 Å². The molecule has 0 saturated carbocycles. The van der Waals surface area contributed by atoms with E-state index in [9.17, 15) is 15.0 Å². The van der Waals surface area contributed by atoms with E-state index in [1.165, 1.54) is 161 Å². The van der Waals surface area contributed by atoms with Crippen molar-refractivity contribution in [2.75, 3.05) is 6.61 Å². The molecule has 0 aliphatic heterocycles. The fourth-order valence-corrected chi connectivity index (χ4v) is 7.24. The van der Waals surface area contributed by atoms with E-state index in [-0.39, 0.29) is 12.5 Å². The van der Waals surface area contributed by atoms with E-state index in [2.05, 4.69) is 67.8 Å². The normalized spacial score (nSPS) is 13.3. The van der Waals surface area contributed by atoms with Gasteiger partial charge in [0, 0.05) is 6.42 Å². The summed E-state index contributed by atoms with van der Waals surface area (Å²) in [4.78, 5) is 12.2. The third-order valence-corrected chi connectivity index (χ3v) is 10.9. The molecule has 4 heteroatoms. The van der Waals surface area contributed by atoms with Crippen molar-refractivity contribution in [3.8, 4) is 0 Å². The summed E-state index contributed by atoms with van der Waals surface area (Å²) in [6.07, 6.45) is 63.0. The number of nitrogens with one attached hydrogen (secondary N) is 1. The van der Waals surface area contributed by atoms with Crippen molar-refractivity contribution < 1.29 is 15.0 Å². The highest BCUT2D eigenvalue weighted by Gasteiger charge is 2.19. The monoisotopic (exact) mass is 756 g/mol. The lowest BCUT2D eigenvalue weighted by molar-refractivity contribution is -0.123. The van der Waals surface area contributed by atoms with E-state index >= 15 is 0 Å². The first-order chi connectivity index (χ1) is 26.7. The van der Waals surface area contributed by atoms with Gasteiger partial charge in [-0.25, -0.2) is 0 Å². The minimum Gasteiger partial charge on any atom is -0.394 e. The number of carbonyl (C=O) groups excluding carboxylic acids is 1. The lowest BCUT2D eigenvalue weighted by Gasteiger charge is -2.22. The van der Waals surface area contributed by atoms with Crippen LogP contribution in [0.5, 0.6) is 0 Å². The lowest BCUT2D eigenvalue weighted by Crippen LogP contribution is -2.45. The van der Waals surface area contributed by atoms with Crippen molar-refractivity contribution in [2.24, 2.45) is 0 Å². The van der Waals surface area contributed by atoms with Gasteiger partial charge < -0.3 is 15.5 Å². The Morgan fingerprint density at radius 3 is 1.19 bits per heavy atom. The zero-order chi connectivity index (χ0) is 39.3. The van der Waals surface area contributed by atoms with Crippen LogP contribution in [0.4, 0.5) is 0 Å². The molecule has 0 aromatic heterocycles. The molecule has 0 aliphatic rings. The van der Waals surface area contributed by atoms with Crippen molar-refractivity contribution in [1.82, 2.24) is 5.32 Å². The largest absolute Gasteiger partial charge is 0.394 e. The number of amides is 1. The molecule has 0 saturated heterocycles. The van der Waals surface area contributed by atoms with E-state index in [4.69, 9.17) is 0 Å². The van der Waals surface area contributed by atoms with Crippen LogP contribution in [0.2, 0.25) is 0 Å². The van der Waals surface area contributed by atoms with Crippen molar-refractivity contribution in [1.29, 1.82) is 0 Å². The summed E-state index contributed by atoms with van der Waals surface area (Å²) >= 11 is 0. The number of hydrogen-bond acceptors (Lipinski definition) is 3. The molecule has 1 amide bonds. The maximum atomic E-state index is 12.2. The van der Waals surface area contributed by atoms with E-state index in [0.29, 0.717) is 12.8 Å². The number of allylic oxidation sites excluding steroid dienone is 8. The highest BCUT2D eigenvalue weighted by molar-refractivity contribution is 5.76. The van der Waals surface area contributed by atoms with Crippen LogP contribution in [0.25, 0.3) is 0 Å². The van der Waals surface area contributed by atoms with Crippen LogP contribution in [-0.2, 0) is 4.79 Å². The topological polar surface area (TPSA) is 69.6 Å². The van der Waals surface area contributed by atoms with Crippen molar-refractivity contribution in [2.45, 2.75) is 257 Å². The molecule has 0 fully saturated rings. The van der Waals surface area contributed by atoms with Crippen LogP contribution in [0.3, 0.4) is 0 Å². The third kappa shape index (κ3) is 41.5. The molecule has 0 spiro atoms. The zero-order valence-corrected chi connectivity index (χ0v) is 36.2. The molecule has 0 aromatic carbocycles. The smallest absolute Gasteiger partial charge is 0.220 e. The molecule has 0 heterocycles. The summed E-state index contributed by atoms with van der Waals surface area (Å²) in [7, 11) is 0. The van der Waals surface area contributed by atoms with Gasteiger partial charge in [0.1, 0.15) is 0 Å². The van der Waals surface area contributed by atoms with Crippen molar-refractivity contribution in [3.63, 3.8) is 0 Å². The predicted octanol–water partition coefficient (Wildman–Crippen LogP) is 15.1. The first-order valence-corrected chi connectivity index (χ1v) is 23.8. The van der Waals surface area contributed by atoms with E-state index in [0.717, 1.165) is 57.8 Å². The fourth-order valence-electron chi connectivity index (χ4n) is 7.24. The van der Waals surface area contributed by atoms with Crippen molar-refractivity contribution >= 4 is 5.91 Å². The summed E-state index contributed by atoms with van der Waals surface area (Å²) < 4.78 is 0. The number of hydrogen-bond donors (Lipinski definition) is 3. The van der Waals surface area contributed by atoms with Gasteiger partial charge >= 0.3 is 0 Å². The molecular weight excluding hydrogens is 663 g/mol. The summed E-state index contributed by atoms with van der Waals surface area (Å²) in [5, 5.41) is 22.6. The minimum atomic E-state index is -0.653. The molecule has 0 radical (unpaired) electrons. The fraction of sp³-hybridized carbons (Fsp3) is 0.820. The van der Waals surface area contributed by atoms with E-state index in [1.807, 2.05) is 0 Å². The zero-order valence-electron chi connectivity index (χ0n) is 36.2. The van der Waals surface area contributed by atoms with Gasteiger partial charge in [-0.3, -0.25) is 4.79 Å². The van der Waals surface area contributed by atoms with Crippen LogP contribution in [-0.4, -0.2) is 34.9 Å². The van der Waals surface area contributed by atoms with Gasteiger partial charge in [0.05, 0.1) is 18.8 Å². The highest BCUT2D eigenvalue weighted by atomic mass is 16.3. The second-order valence-electron chi connectivity index (χ2n) is 16.2. The Balaban J connectivity index is 3.28. The second kappa shape index (κ2) is 45.7. The molecule has 4 nitrogen and oxygen atoms in total. The molecule has 0 aromatic rings. The highest BCUT2D eigenvalue weighted by Crippen LogP contribution is 2.17. The molecule has 2 atom stereocenters. The molecule has 0 rings (SSSR count). The SMILES string of the molecule is CC/C=C\C/C=C\C/C=C\C/C=C\CCCCCCCCCCCCCCCCCCCCCCCCCCCCC(=O)NC(CO)C(O)CCCCC. The van der Waals surface area contributed by atoms with Crippen LogP contribution < -0.4 is 5.32 Å². The number of rotatable bonds is 43. The number of aliphatic hydroxyl groups excluding tert-OH is 2. The van der Waals surface area contributed by atoms with Crippen LogP contribution in [0.1, 0.15) is 245 Å². The van der Waals surface area contributed by atoms with Crippen LogP contribution in [0, 0.1) is 0 Å². The standard InChI is InChI=1S/C50H93NO3/c1-3-5-7-8-9-10-11-12-13-14-15-16-17-18-19-20-21-22-23-24-25-26-27-28-29-30-31-32-33-34-35-36-37-38-39-40-41-42-44-46-50(54)51-48(47-52)49(53)45-43-6-4-2/h5,7,9-10,12-13,15-16,48-49,52-53H,3-4,6,8,11,14,17-47H2,1-2H3,(H,51,54)/b7-5-,10-9-,13-12-,16-15-. The van der Waals surface area contributed by atoms with Crippen LogP contribution >= 0.6 is 0 Å². The quantitative estimate of drug-likeness (QED) is 0.0429. The number of unbranched alkanes of at least 4 members (excludes halogenated alkanes) is 28. The van der Waals surface area contributed by atoms with Crippen LogP contribution in [0.15, 0.2) is 48.6 Å². The minimum absolute atomic E-state index is 0.0403. The first kappa shape index (κ1) is 52.3. The predicted molar refractivity (Wildman–Crippen MR) is 239 cm³/mol. The Bertz CT molecular complexity index is 862. The van der Waals surface area contributed by atoms with Gasteiger partial charge in [-0.2, -0.15) is 0 Å². The van der Waals surface area contributed by atoms with Gasteiger partial charge in [-0.1, -0.05) is 236 Å². The number of aliphatic hydroxyl groups is 2. The molecular formula is C50H93NO3. The average molecular weight is 756 g/mol. The summed E-state index contributed by atoms with van der Waals surface area (Å²) in [5.41, 5.74) is 0. The molecule has 3 N–H and O–H groups in total. The van der Waals surface area contributed by atoms with Gasteiger partial charge in [-0.15, -0.1) is 0 Å². The van der Waals surface area contributed by atoms with E-state index < -0.39 is 12.1 Å². The van der Waals surface area contributed by atoms with Crippen molar-refractivity contribution in [3.05, 3.63) is 48.6 Å². The third-order valence-electron chi connectivity index (χ3n) is 10.9. The van der Waals surface area contributed by atoms with Gasteiger partial charge in [0.25, 0.3) is 0 Å². The summed E-state index contributed by atoms with van der Waals surface area (Å²) in [5.74, 6) is -0.0403. The summed E-state index contributed by atoms with van der Waals surface area (Å²) in [6.45, 7) is 4.11. The maximum absolute atomic E-state index is 12.2. The Morgan fingerprint density at radius 1 is 0.463 bits per heavy atom. The number of carbonyl (C=O) groups is 1. The maximum Gasteiger partial charge on any atom is 0.220 e. The van der Waals surface area contributed by atoms with E-state index in [1.54, 1.807) is 0 Å². The molecule has 0 aliphatic carbocycles. The average Bonchev–Trinajstić information content (AvgIpc) is 3.17. The molecule has 54 heavy (non-hydrogen) atoms.